The normalized spacial score (nSPS) is 22.3. The van der Waals surface area contributed by atoms with E-state index in [2.05, 4.69) is 0 Å². The zero-order chi connectivity index (χ0) is 16.2. The molecule has 23 heavy (non-hydrogen) atoms. The molecule has 0 saturated heterocycles. The lowest BCUT2D eigenvalue weighted by molar-refractivity contribution is -0.136. The Morgan fingerprint density at radius 2 is 2.17 bits per heavy atom. The van der Waals surface area contributed by atoms with Gasteiger partial charge in [0.2, 0.25) is 12.7 Å². The summed E-state index contributed by atoms with van der Waals surface area (Å²) in [5.41, 5.74) is 6.98. The second-order valence-corrected chi connectivity index (χ2v) is 6.21. The van der Waals surface area contributed by atoms with Gasteiger partial charge in [0, 0.05) is 32.2 Å². The summed E-state index contributed by atoms with van der Waals surface area (Å²) in [7, 11) is 1.65. The van der Waals surface area contributed by atoms with E-state index in [-0.39, 0.29) is 24.7 Å². The summed E-state index contributed by atoms with van der Waals surface area (Å²) in [6, 6.07) is 5.96. The van der Waals surface area contributed by atoms with Crippen LogP contribution in [-0.2, 0) is 16.1 Å². The Kier molecular flexibility index (Phi) is 5.03. The summed E-state index contributed by atoms with van der Waals surface area (Å²) in [4.78, 5) is 14.7. The molecule has 3 rings (SSSR count). The topological polar surface area (TPSA) is 74.0 Å². The van der Waals surface area contributed by atoms with Gasteiger partial charge in [-0.15, -0.1) is 0 Å². The number of nitrogens with two attached hydrogens (primary N) is 1. The smallest absolute Gasteiger partial charge is 0.231 e. The third kappa shape index (κ3) is 3.76. The van der Waals surface area contributed by atoms with Crippen LogP contribution in [0.5, 0.6) is 11.5 Å². The van der Waals surface area contributed by atoms with Crippen molar-refractivity contribution in [2.24, 2.45) is 11.7 Å². The Morgan fingerprint density at radius 1 is 1.35 bits per heavy atom. The second kappa shape index (κ2) is 7.19. The van der Waals surface area contributed by atoms with Crippen LogP contribution in [0.3, 0.4) is 0 Å². The van der Waals surface area contributed by atoms with Gasteiger partial charge < -0.3 is 24.8 Å². The van der Waals surface area contributed by atoms with Gasteiger partial charge >= 0.3 is 0 Å². The molecule has 6 heteroatoms. The molecule has 1 fully saturated rings. The summed E-state index contributed by atoms with van der Waals surface area (Å²) in [6.07, 6.45) is 2.59. The van der Waals surface area contributed by atoms with Crippen molar-refractivity contribution in [2.45, 2.75) is 31.8 Å². The van der Waals surface area contributed by atoms with Gasteiger partial charge in [0.1, 0.15) is 0 Å². The van der Waals surface area contributed by atoms with E-state index in [0.29, 0.717) is 19.7 Å². The molecule has 1 aliphatic heterocycles. The first-order chi connectivity index (χ1) is 11.2. The van der Waals surface area contributed by atoms with Crippen LogP contribution in [-0.4, -0.2) is 43.9 Å². The van der Waals surface area contributed by atoms with E-state index in [1.165, 1.54) is 0 Å². The van der Waals surface area contributed by atoms with E-state index in [9.17, 15) is 4.79 Å². The number of carbonyl (C=O) groups is 1. The van der Waals surface area contributed by atoms with Crippen molar-refractivity contribution in [1.29, 1.82) is 0 Å². The monoisotopic (exact) mass is 320 g/mol. The average Bonchev–Trinajstić information content (AvgIpc) is 3.18. The number of amides is 1. The van der Waals surface area contributed by atoms with Gasteiger partial charge in [-0.3, -0.25) is 4.79 Å². The molecule has 126 valence electrons. The lowest BCUT2D eigenvalue weighted by atomic mass is 10.1. The number of benzene rings is 1. The van der Waals surface area contributed by atoms with E-state index >= 15 is 0 Å². The van der Waals surface area contributed by atoms with E-state index in [0.717, 1.165) is 36.3 Å². The highest BCUT2D eigenvalue weighted by atomic mass is 16.7. The maximum absolute atomic E-state index is 12.8. The zero-order valence-corrected chi connectivity index (χ0v) is 13.5. The van der Waals surface area contributed by atoms with Gasteiger partial charge in [0.25, 0.3) is 0 Å². The third-order valence-electron chi connectivity index (χ3n) is 4.51. The van der Waals surface area contributed by atoms with Crippen molar-refractivity contribution in [2.75, 3.05) is 27.1 Å². The van der Waals surface area contributed by atoms with Crippen molar-refractivity contribution in [1.82, 2.24) is 4.90 Å². The predicted octanol–water partition coefficient (Wildman–Crippen LogP) is 1.52. The Labute approximate surface area is 136 Å². The summed E-state index contributed by atoms with van der Waals surface area (Å²) in [6.45, 7) is 1.90. The molecule has 2 unspecified atom stereocenters. The Morgan fingerprint density at radius 3 is 2.91 bits per heavy atom. The minimum absolute atomic E-state index is 0.0378. The van der Waals surface area contributed by atoms with E-state index in [1.54, 1.807) is 7.11 Å². The van der Waals surface area contributed by atoms with Gasteiger partial charge in [-0.2, -0.15) is 0 Å². The zero-order valence-electron chi connectivity index (χ0n) is 13.5. The van der Waals surface area contributed by atoms with Gasteiger partial charge in [-0.1, -0.05) is 6.07 Å². The van der Waals surface area contributed by atoms with Crippen LogP contribution in [0.4, 0.5) is 0 Å². The highest BCUT2D eigenvalue weighted by Gasteiger charge is 2.31. The molecule has 1 aromatic carbocycles. The van der Waals surface area contributed by atoms with Gasteiger partial charge in [-0.25, -0.2) is 0 Å². The van der Waals surface area contributed by atoms with Crippen LogP contribution < -0.4 is 15.2 Å². The molecule has 0 aromatic heterocycles. The number of fused-ring (bicyclic) bond motifs is 1. The summed E-state index contributed by atoms with van der Waals surface area (Å²) in [5.74, 6) is 1.71. The fourth-order valence-corrected chi connectivity index (χ4v) is 3.23. The third-order valence-corrected chi connectivity index (χ3v) is 4.51. The Balaban J connectivity index is 1.69. The standard InChI is InChI=1S/C17H24N2O4/c1-21-7-6-19(17(20)13-3-4-14(18)9-13)10-12-2-5-15-16(8-12)23-11-22-15/h2,5,8,13-14H,3-4,6-7,9-11,18H2,1H3. The summed E-state index contributed by atoms with van der Waals surface area (Å²) >= 11 is 0. The molecule has 0 bridgehead atoms. The fourth-order valence-electron chi connectivity index (χ4n) is 3.23. The number of methoxy groups -OCH3 is 1. The first kappa shape index (κ1) is 16.1. The van der Waals surface area contributed by atoms with Crippen LogP contribution in [0.25, 0.3) is 0 Å². The van der Waals surface area contributed by atoms with Gasteiger partial charge in [-0.05, 0) is 37.0 Å². The van der Waals surface area contributed by atoms with Crippen molar-refractivity contribution >= 4 is 5.91 Å². The van der Waals surface area contributed by atoms with Crippen LogP contribution >= 0.6 is 0 Å². The molecular weight excluding hydrogens is 296 g/mol. The molecule has 2 N–H and O–H groups in total. The SMILES string of the molecule is COCCN(Cc1ccc2c(c1)OCO2)C(=O)C1CCC(N)C1. The Hall–Kier alpha value is -1.79. The molecule has 6 nitrogen and oxygen atoms in total. The second-order valence-electron chi connectivity index (χ2n) is 6.21. The molecule has 1 aromatic rings. The molecule has 1 saturated carbocycles. The van der Waals surface area contributed by atoms with Crippen molar-refractivity contribution < 1.29 is 19.0 Å². The minimum Gasteiger partial charge on any atom is -0.454 e. The number of nitrogens with zero attached hydrogens (tertiary/aromatic N) is 1. The number of ether oxygens (including phenoxy) is 3. The Bertz CT molecular complexity index is 564. The number of carbonyl (C=O) groups excluding carboxylic acids is 1. The summed E-state index contributed by atoms with van der Waals surface area (Å²) < 4.78 is 15.9. The quantitative estimate of drug-likeness (QED) is 0.860. The van der Waals surface area contributed by atoms with E-state index in [1.807, 2.05) is 23.1 Å². The maximum atomic E-state index is 12.8. The number of rotatable bonds is 6. The average molecular weight is 320 g/mol. The lowest BCUT2D eigenvalue weighted by Crippen LogP contribution is -2.37. The molecular formula is C17H24N2O4. The van der Waals surface area contributed by atoms with Crippen LogP contribution in [0.2, 0.25) is 0 Å². The molecule has 1 amide bonds. The summed E-state index contributed by atoms with van der Waals surface area (Å²) in [5, 5.41) is 0. The minimum atomic E-state index is 0.0378. The molecule has 1 aliphatic carbocycles. The fraction of sp³-hybridized carbons (Fsp3) is 0.588. The maximum Gasteiger partial charge on any atom is 0.231 e. The van der Waals surface area contributed by atoms with Gasteiger partial charge in [0.05, 0.1) is 6.61 Å². The highest BCUT2D eigenvalue weighted by Crippen LogP contribution is 2.33. The van der Waals surface area contributed by atoms with Crippen LogP contribution in [0, 0.1) is 5.92 Å². The van der Waals surface area contributed by atoms with Crippen molar-refractivity contribution in [3.63, 3.8) is 0 Å². The number of hydrogen-bond acceptors (Lipinski definition) is 5. The first-order valence-corrected chi connectivity index (χ1v) is 8.09. The van der Waals surface area contributed by atoms with Crippen molar-refractivity contribution in [3.8, 4) is 11.5 Å². The largest absolute Gasteiger partial charge is 0.454 e. The molecule has 0 spiro atoms. The lowest BCUT2D eigenvalue weighted by Gasteiger charge is -2.25. The van der Waals surface area contributed by atoms with Crippen molar-refractivity contribution in [3.05, 3.63) is 23.8 Å². The van der Waals surface area contributed by atoms with E-state index < -0.39 is 0 Å². The molecule has 1 heterocycles. The predicted molar refractivity (Wildman–Crippen MR) is 85.2 cm³/mol. The molecule has 0 radical (unpaired) electrons. The van der Waals surface area contributed by atoms with Crippen LogP contribution in [0.1, 0.15) is 24.8 Å². The highest BCUT2D eigenvalue weighted by molar-refractivity contribution is 5.79. The van der Waals surface area contributed by atoms with E-state index in [4.69, 9.17) is 19.9 Å². The number of hydrogen-bond donors (Lipinski definition) is 1. The first-order valence-electron chi connectivity index (χ1n) is 8.09. The molecule has 2 aliphatic rings. The van der Waals surface area contributed by atoms with Crippen LogP contribution in [0.15, 0.2) is 18.2 Å². The van der Waals surface area contributed by atoms with Gasteiger partial charge in [0.15, 0.2) is 11.5 Å². The molecule has 2 atom stereocenters.